The number of halogens is 5. The summed E-state index contributed by atoms with van der Waals surface area (Å²) >= 11 is 0. The van der Waals surface area contributed by atoms with Gasteiger partial charge >= 0.3 is 12.1 Å². The number of hydrogen-bond acceptors (Lipinski definition) is 2. The van der Waals surface area contributed by atoms with E-state index in [0.717, 1.165) is 12.1 Å². The molecule has 0 saturated carbocycles. The molecular weight excluding hydrogens is 233 g/mol. The van der Waals surface area contributed by atoms with Crippen molar-refractivity contribution >= 4 is 5.69 Å². The SMILES string of the molecule is CONc1ccc(C(F)(F)C(F)(F)F)cc1. The lowest BCUT2D eigenvalue weighted by molar-refractivity contribution is -0.289. The molecular formula is C9H8F5NO. The van der Waals surface area contributed by atoms with Crippen LogP contribution in [0, 0.1) is 0 Å². The molecule has 0 atom stereocenters. The van der Waals surface area contributed by atoms with Crippen LogP contribution in [0.5, 0.6) is 0 Å². The number of anilines is 1. The van der Waals surface area contributed by atoms with Crippen LogP contribution >= 0.6 is 0 Å². The first-order valence-corrected chi connectivity index (χ1v) is 4.13. The van der Waals surface area contributed by atoms with Crippen LogP contribution in [0.1, 0.15) is 5.56 Å². The monoisotopic (exact) mass is 241 g/mol. The van der Waals surface area contributed by atoms with E-state index in [1.54, 1.807) is 0 Å². The van der Waals surface area contributed by atoms with Gasteiger partial charge in [0.05, 0.1) is 12.8 Å². The van der Waals surface area contributed by atoms with Gasteiger partial charge in [0.25, 0.3) is 0 Å². The van der Waals surface area contributed by atoms with Crippen LogP contribution in [0.3, 0.4) is 0 Å². The Balaban J connectivity index is 2.97. The summed E-state index contributed by atoms with van der Waals surface area (Å²) in [5, 5.41) is 0. The summed E-state index contributed by atoms with van der Waals surface area (Å²) in [5.74, 6) is -4.85. The van der Waals surface area contributed by atoms with E-state index in [1.807, 2.05) is 0 Å². The molecule has 0 saturated heterocycles. The van der Waals surface area contributed by atoms with Crippen LogP contribution in [0.2, 0.25) is 0 Å². The van der Waals surface area contributed by atoms with Crippen LogP contribution in [0.4, 0.5) is 27.6 Å². The summed E-state index contributed by atoms with van der Waals surface area (Å²) in [6, 6.07) is 3.51. The molecule has 2 nitrogen and oxygen atoms in total. The standard InChI is InChI=1S/C9H8F5NO/c1-16-15-7-4-2-6(3-5-7)8(10,11)9(12,13)14/h2-5,15H,1H3. The van der Waals surface area contributed by atoms with Crippen molar-refractivity contribution in [2.24, 2.45) is 0 Å². The molecule has 0 aromatic heterocycles. The van der Waals surface area contributed by atoms with Gasteiger partial charge in [-0.2, -0.15) is 22.0 Å². The number of alkyl halides is 5. The van der Waals surface area contributed by atoms with E-state index in [4.69, 9.17) is 0 Å². The van der Waals surface area contributed by atoms with Gasteiger partial charge in [0, 0.05) is 5.56 Å². The zero-order chi connectivity index (χ0) is 12.4. The second-order valence-electron chi connectivity index (χ2n) is 2.96. The van der Waals surface area contributed by atoms with Crippen LogP contribution in [-0.2, 0) is 10.8 Å². The quantitative estimate of drug-likeness (QED) is 0.647. The van der Waals surface area contributed by atoms with E-state index in [2.05, 4.69) is 10.3 Å². The lowest BCUT2D eigenvalue weighted by Crippen LogP contribution is -2.33. The Hall–Kier alpha value is -1.37. The van der Waals surface area contributed by atoms with Crippen LogP contribution in [0.15, 0.2) is 24.3 Å². The third-order valence-electron chi connectivity index (χ3n) is 1.82. The van der Waals surface area contributed by atoms with E-state index in [0.29, 0.717) is 12.1 Å². The molecule has 90 valence electrons. The van der Waals surface area contributed by atoms with Crippen molar-refractivity contribution < 1.29 is 26.8 Å². The second-order valence-corrected chi connectivity index (χ2v) is 2.96. The lowest BCUT2D eigenvalue weighted by Gasteiger charge is -2.19. The second kappa shape index (κ2) is 4.25. The summed E-state index contributed by atoms with van der Waals surface area (Å²) in [6.07, 6.45) is -5.59. The zero-order valence-electron chi connectivity index (χ0n) is 8.11. The first-order valence-electron chi connectivity index (χ1n) is 4.13. The van der Waals surface area contributed by atoms with Gasteiger partial charge in [-0.25, -0.2) is 0 Å². The number of benzene rings is 1. The highest BCUT2D eigenvalue weighted by Crippen LogP contribution is 2.43. The van der Waals surface area contributed by atoms with Gasteiger partial charge in [-0.05, 0) is 12.1 Å². The highest BCUT2D eigenvalue weighted by Gasteiger charge is 2.58. The first-order chi connectivity index (χ1) is 7.29. The molecule has 0 fully saturated rings. The van der Waals surface area contributed by atoms with Crippen molar-refractivity contribution in [3.63, 3.8) is 0 Å². The fourth-order valence-corrected chi connectivity index (χ4v) is 1.03. The highest BCUT2D eigenvalue weighted by atomic mass is 19.4. The van der Waals surface area contributed by atoms with Gasteiger partial charge in [0.2, 0.25) is 0 Å². The Morgan fingerprint density at radius 3 is 1.88 bits per heavy atom. The normalized spacial score (nSPS) is 12.6. The average Bonchev–Trinajstić information content (AvgIpc) is 2.17. The third kappa shape index (κ3) is 2.41. The zero-order valence-corrected chi connectivity index (χ0v) is 8.11. The summed E-state index contributed by atoms with van der Waals surface area (Å²) in [7, 11) is 1.29. The van der Waals surface area contributed by atoms with Gasteiger partial charge in [-0.1, -0.05) is 12.1 Å². The van der Waals surface area contributed by atoms with E-state index in [-0.39, 0.29) is 5.69 Å². The van der Waals surface area contributed by atoms with Gasteiger partial charge < -0.3 is 0 Å². The van der Waals surface area contributed by atoms with Crippen molar-refractivity contribution in [3.05, 3.63) is 29.8 Å². The fraction of sp³-hybridized carbons (Fsp3) is 0.333. The Kier molecular flexibility index (Phi) is 3.37. The fourth-order valence-electron chi connectivity index (χ4n) is 1.03. The smallest absolute Gasteiger partial charge is 0.279 e. The molecule has 7 heteroatoms. The van der Waals surface area contributed by atoms with Gasteiger partial charge in [0.15, 0.2) is 0 Å². The number of hydrogen-bond donors (Lipinski definition) is 1. The molecule has 0 bridgehead atoms. The average molecular weight is 241 g/mol. The third-order valence-corrected chi connectivity index (χ3v) is 1.82. The van der Waals surface area contributed by atoms with Crippen LogP contribution < -0.4 is 5.48 Å². The number of nitrogens with one attached hydrogen (secondary N) is 1. The molecule has 1 aromatic rings. The lowest BCUT2D eigenvalue weighted by atomic mass is 10.1. The molecule has 0 aliphatic carbocycles. The van der Waals surface area contributed by atoms with E-state index >= 15 is 0 Å². The van der Waals surface area contributed by atoms with E-state index in [1.165, 1.54) is 7.11 Å². The van der Waals surface area contributed by atoms with Crippen LogP contribution in [-0.4, -0.2) is 13.3 Å². The predicted molar refractivity (Wildman–Crippen MR) is 47.0 cm³/mol. The van der Waals surface area contributed by atoms with Crippen molar-refractivity contribution in [1.29, 1.82) is 0 Å². The van der Waals surface area contributed by atoms with Crippen molar-refractivity contribution in [2.45, 2.75) is 12.1 Å². The largest absolute Gasteiger partial charge is 0.458 e. The van der Waals surface area contributed by atoms with Gasteiger partial charge in [0.1, 0.15) is 0 Å². The maximum absolute atomic E-state index is 12.8. The molecule has 0 unspecified atom stereocenters. The van der Waals surface area contributed by atoms with Gasteiger partial charge in [-0.15, -0.1) is 0 Å². The topological polar surface area (TPSA) is 21.3 Å². The van der Waals surface area contributed by atoms with Crippen molar-refractivity contribution in [1.82, 2.24) is 0 Å². The summed E-state index contributed by atoms with van der Waals surface area (Å²) in [5.41, 5.74) is 1.47. The molecule has 1 rings (SSSR count). The minimum Gasteiger partial charge on any atom is -0.279 e. The van der Waals surface area contributed by atoms with Crippen LogP contribution in [0.25, 0.3) is 0 Å². The maximum atomic E-state index is 12.8. The Bertz CT molecular complexity index is 346. The molecule has 0 radical (unpaired) electrons. The molecule has 0 aliphatic heterocycles. The highest BCUT2D eigenvalue weighted by molar-refractivity contribution is 5.43. The Labute approximate surface area is 88.0 Å². The van der Waals surface area contributed by atoms with Gasteiger partial charge in [-0.3, -0.25) is 10.3 Å². The minimum absolute atomic E-state index is 0.282. The van der Waals surface area contributed by atoms with E-state index < -0.39 is 17.7 Å². The Morgan fingerprint density at radius 2 is 1.50 bits per heavy atom. The molecule has 0 aliphatic rings. The molecule has 1 aromatic carbocycles. The molecule has 16 heavy (non-hydrogen) atoms. The molecule has 0 spiro atoms. The van der Waals surface area contributed by atoms with Crippen molar-refractivity contribution in [3.8, 4) is 0 Å². The van der Waals surface area contributed by atoms with E-state index in [9.17, 15) is 22.0 Å². The predicted octanol–water partition coefficient (Wildman–Crippen LogP) is 3.31. The molecule has 1 N–H and O–H groups in total. The maximum Gasteiger partial charge on any atom is 0.458 e. The minimum atomic E-state index is -5.59. The Morgan fingerprint density at radius 1 is 1.00 bits per heavy atom. The summed E-state index contributed by atoms with van der Waals surface area (Å²) in [4.78, 5) is 4.46. The van der Waals surface area contributed by atoms with Crippen molar-refractivity contribution in [2.75, 3.05) is 12.6 Å². The molecule has 0 heterocycles. The summed E-state index contributed by atoms with van der Waals surface area (Å²) in [6.45, 7) is 0. The number of rotatable bonds is 3. The summed E-state index contributed by atoms with van der Waals surface area (Å²) < 4.78 is 61.5. The first kappa shape index (κ1) is 12.7. The molecule has 0 amide bonds.